The normalized spacial score (nSPS) is 23.0. The molecule has 0 radical (unpaired) electrons. The van der Waals surface area contributed by atoms with Gasteiger partial charge in [-0.25, -0.2) is 0 Å². The van der Waals surface area contributed by atoms with E-state index in [0.717, 1.165) is 69.4 Å². The first-order valence-corrected chi connectivity index (χ1v) is 8.12. The number of hydrogen-bond donors (Lipinski definition) is 0. The largest absolute Gasteiger partial charge is 0.383 e. The molecule has 0 bridgehead atoms. The minimum absolute atomic E-state index is 0.782. The van der Waals surface area contributed by atoms with Crippen LogP contribution in [0.25, 0.3) is 0 Å². The highest BCUT2D eigenvalue weighted by Crippen LogP contribution is 2.18. The van der Waals surface area contributed by atoms with Gasteiger partial charge in [0.05, 0.1) is 32.4 Å². The predicted molar refractivity (Wildman–Crippen MR) is 82.5 cm³/mol. The SMILES string of the molecule is COCCN1CSC(=S)N(CCN2CCOCC2)C1. The average Bonchev–Trinajstić information content (AvgIpc) is 2.46. The van der Waals surface area contributed by atoms with Gasteiger partial charge in [-0.2, -0.15) is 0 Å². The molecule has 0 aromatic carbocycles. The molecule has 2 aliphatic rings. The van der Waals surface area contributed by atoms with Crippen molar-refractivity contribution in [3.63, 3.8) is 0 Å². The second kappa shape index (κ2) is 8.39. The highest BCUT2D eigenvalue weighted by molar-refractivity contribution is 8.22. The van der Waals surface area contributed by atoms with Gasteiger partial charge in [-0.15, -0.1) is 0 Å². The maximum absolute atomic E-state index is 5.45. The first-order chi connectivity index (χ1) is 9.29. The maximum atomic E-state index is 5.45. The quantitative estimate of drug-likeness (QED) is 0.661. The van der Waals surface area contributed by atoms with Crippen molar-refractivity contribution in [3.8, 4) is 0 Å². The van der Waals surface area contributed by atoms with Gasteiger partial charge >= 0.3 is 0 Å². The average molecular weight is 305 g/mol. The van der Waals surface area contributed by atoms with Crippen molar-refractivity contribution >= 4 is 28.3 Å². The summed E-state index contributed by atoms with van der Waals surface area (Å²) in [5, 5.41) is 0. The summed E-state index contributed by atoms with van der Waals surface area (Å²) in [7, 11) is 1.75. The van der Waals surface area contributed by atoms with E-state index < -0.39 is 0 Å². The molecular formula is C12H23N3O2S2. The molecule has 0 atom stereocenters. The zero-order valence-electron chi connectivity index (χ0n) is 11.5. The van der Waals surface area contributed by atoms with Crippen molar-refractivity contribution in [3.05, 3.63) is 0 Å². The molecule has 2 saturated heterocycles. The Morgan fingerprint density at radius 3 is 2.74 bits per heavy atom. The van der Waals surface area contributed by atoms with Crippen molar-refractivity contribution in [1.82, 2.24) is 14.7 Å². The number of methoxy groups -OCH3 is 1. The molecule has 0 spiro atoms. The van der Waals surface area contributed by atoms with Crippen LogP contribution in [0.3, 0.4) is 0 Å². The molecule has 2 fully saturated rings. The molecule has 7 heteroatoms. The summed E-state index contributed by atoms with van der Waals surface area (Å²) < 4.78 is 11.5. The van der Waals surface area contributed by atoms with Gasteiger partial charge in [0, 0.05) is 39.8 Å². The Morgan fingerprint density at radius 2 is 2.00 bits per heavy atom. The fraction of sp³-hybridized carbons (Fsp3) is 0.917. The van der Waals surface area contributed by atoms with Gasteiger partial charge in [-0.3, -0.25) is 9.80 Å². The Labute approximate surface area is 125 Å². The Bertz CT molecular complexity index is 288. The first kappa shape index (κ1) is 15.5. The standard InChI is InChI=1S/C12H23N3O2S2/c1-16-7-4-14-10-15(12(18)19-11-14)3-2-13-5-8-17-9-6-13/h2-11H2,1H3. The highest BCUT2D eigenvalue weighted by Gasteiger charge is 2.22. The lowest BCUT2D eigenvalue weighted by Crippen LogP contribution is -2.49. The van der Waals surface area contributed by atoms with Crippen LogP contribution in [-0.4, -0.2) is 91.2 Å². The molecule has 0 N–H and O–H groups in total. The maximum Gasteiger partial charge on any atom is 0.138 e. The lowest BCUT2D eigenvalue weighted by Gasteiger charge is -2.38. The summed E-state index contributed by atoms with van der Waals surface area (Å²) >= 11 is 7.20. The number of hydrogen-bond acceptors (Lipinski definition) is 6. The van der Waals surface area contributed by atoms with Crippen LogP contribution in [0.1, 0.15) is 0 Å². The number of thiocarbonyl (C=S) groups is 1. The molecule has 110 valence electrons. The highest BCUT2D eigenvalue weighted by atomic mass is 32.2. The van der Waals surface area contributed by atoms with E-state index in [9.17, 15) is 0 Å². The van der Waals surface area contributed by atoms with E-state index >= 15 is 0 Å². The summed E-state index contributed by atoms with van der Waals surface area (Å²) in [4.78, 5) is 7.13. The summed E-state index contributed by atoms with van der Waals surface area (Å²) in [6.45, 7) is 8.57. The molecule has 0 aromatic heterocycles. The van der Waals surface area contributed by atoms with Crippen LogP contribution in [0.4, 0.5) is 0 Å². The van der Waals surface area contributed by atoms with Crippen molar-refractivity contribution in [2.75, 3.05) is 72.2 Å². The Kier molecular flexibility index (Phi) is 6.83. The monoisotopic (exact) mass is 305 g/mol. The number of morpholine rings is 1. The molecule has 2 heterocycles. The molecule has 0 amide bonds. The number of ether oxygens (including phenoxy) is 2. The number of thioether (sulfide) groups is 1. The Morgan fingerprint density at radius 1 is 1.21 bits per heavy atom. The molecule has 0 aliphatic carbocycles. The van der Waals surface area contributed by atoms with E-state index in [1.807, 2.05) is 0 Å². The van der Waals surface area contributed by atoms with E-state index in [4.69, 9.17) is 21.7 Å². The van der Waals surface area contributed by atoms with Crippen LogP contribution in [0.2, 0.25) is 0 Å². The molecule has 2 aliphatic heterocycles. The Hall–Kier alpha value is 0.0800. The van der Waals surface area contributed by atoms with E-state index in [0.29, 0.717) is 0 Å². The van der Waals surface area contributed by atoms with Crippen LogP contribution < -0.4 is 0 Å². The fourth-order valence-corrected chi connectivity index (χ4v) is 3.32. The smallest absolute Gasteiger partial charge is 0.138 e. The fourth-order valence-electron chi connectivity index (χ4n) is 2.18. The summed E-state index contributed by atoms with van der Waals surface area (Å²) in [6, 6.07) is 0. The summed E-state index contributed by atoms with van der Waals surface area (Å²) in [5.41, 5.74) is 0. The number of nitrogens with zero attached hydrogens (tertiary/aromatic N) is 3. The van der Waals surface area contributed by atoms with Gasteiger partial charge in [0.15, 0.2) is 0 Å². The van der Waals surface area contributed by atoms with Gasteiger partial charge in [-0.1, -0.05) is 24.0 Å². The lowest BCUT2D eigenvalue weighted by atomic mass is 10.4. The molecule has 0 aromatic rings. The zero-order valence-corrected chi connectivity index (χ0v) is 13.2. The first-order valence-electron chi connectivity index (χ1n) is 6.72. The van der Waals surface area contributed by atoms with Gasteiger partial charge in [0.25, 0.3) is 0 Å². The topological polar surface area (TPSA) is 28.2 Å². The van der Waals surface area contributed by atoms with Gasteiger partial charge in [0.2, 0.25) is 0 Å². The molecule has 0 unspecified atom stereocenters. The van der Waals surface area contributed by atoms with E-state index in [1.165, 1.54) is 0 Å². The number of rotatable bonds is 6. The van der Waals surface area contributed by atoms with E-state index in [1.54, 1.807) is 18.9 Å². The summed E-state index contributed by atoms with van der Waals surface area (Å²) in [6.07, 6.45) is 0. The van der Waals surface area contributed by atoms with Crippen molar-refractivity contribution < 1.29 is 9.47 Å². The summed E-state index contributed by atoms with van der Waals surface area (Å²) in [5.74, 6) is 0.982. The molecule has 19 heavy (non-hydrogen) atoms. The lowest BCUT2D eigenvalue weighted by molar-refractivity contribution is 0.0341. The van der Waals surface area contributed by atoms with Gasteiger partial charge < -0.3 is 14.4 Å². The van der Waals surface area contributed by atoms with Crippen molar-refractivity contribution in [2.45, 2.75) is 0 Å². The van der Waals surface area contributed by atoms with E-state index in [-0.39, 0.29) is 0 Å². The predicted octanol–water partition coefficient (Wildman–Crippen LogP) is 0.516. The van der Waals surface area contributed by atoms with Crippen molar-refractivity contribution in [1.29, 1.82) is 0 Å². The third-order valence-electron chi connectivity index (χ3n) is 3.40. The van der Waals surface area contributed by atoms with Crippen LogP contribution in [0.5, 0.6) is 0 Å². The third-order valence-corrected chi connectivity index (χ3v) is 5.01. The zero-order chi connectivity index (χ0) is 13.5. The van der Waals surface area contributed by atoms with Crippen molar-refractivity contribution in [2.24, 2.45) is 0 Å². The molecular weight excluding hydrogens is 282 g/mol. The minimum atomic E-state index is 0.782. The second-order valence-corrected chi connectivity index (χ2v) is 6.36. The van der Waals surface area contributed by atoms with E-state index in [2.05, 4.69) is 14.7 Å². The Balaban J connectivity index is 1.72. The van der Waals surface area contributed by atoms with Gasteiger partial charge in [-0.05, 0) is 0 Å². The van der Waals surface area contributed by atoms with Crippen LogP contribution in [0, 0.1) is 0 Å². The molecule has 0 saturated carbocycles. The minimum Gasteiger partial charge on any atom is -0.383 e. The van der Waals surface area contributed by atoms with Crippen LogP contribution in [0.15, 0.2) is 0 Å². The second-order valence-electron chi connectivity index (χ2n) is 4.79. The molecule has 5 nitrogen and oxygen atoms in total. The third kappa shape index (κ3) is 5.17. The van der Waals surface area contributed by atoms with Crippen LogP contribution >= 0.6 is 24.0 Å². The van der Waals surface area contributed by atoms with Crippen LogP contribution in [-0.2, 0) is 9.47 Å². The molecule has 2 rings (SSSR count). The van der Waals surface area contributed by atoms with Gasteiger partial charge in [0.1, 0.15) is 4.32 Å².